The van der Waals surface area contributed by atoms with Gasteiger partial charge in [0, 0.05) is 10.9 Å². The van der Waals surface area contributed by atoms with Crippen LogP contribution in [0.5, 0.6) is 0 Å². The number of rotatable bonds is 3. The second-order valence-corrected chi connectivity index (χ2v) is 3.25. The molecule has 2 aromatic rings. The van der Waals surface area contributed by atoms with E-state index in [0.29, 0.717) is 17.5 Å². The molecule has 5 heteroatoms. The summed E-state index contributed by atoms with van der Waals surface area (Å²) in [6, 6.07) is 6.09. The largest absolute Gasteiger partial charge is 0.350 e. The molecule has 1 aromatic heterocycles. The Hall–Kier alpha value is -1.88. The summed E-state index contributed by atoms with van der Waals surface area (Å²) in [5.41, 5.74) is 3.09. The van der Waals surface area contributed by atoms with Crippen LogP contribution in [-0.4, -0.2) is 17.5 Å². The first-order chi connectivity index (χ1) is 7.72. The van der Waals surface area contributed by atoms with Crippen LogP contribution in [0.15, 0.2) is 24.3 Å². The van der Waals surface area contributed by atoms with Crippen LogP contribution in [0.2, 0.25) is 0 Å². The fourth-order valence-electron chi connectivity index (χ4n) is 1.43. The van der Waals surface area contributed by atoms with E-state index in [9.17, 15) is 9.18 Å². The number of aromatic nitrogens is 1. The Morgan fingerprint density at radius 3 is 3.06 bits per heavy atom. The number of carbonyl (C=O) groups excluding carboxylic acids is 1. The summed E-state index contributed by atoms with van der Waals surface area (Å²) in [4.78, 5) is 19.1. The Bertz CT molecular complexity index is 522. The van der Waals surface area contributed by atoms with Gasteiger partial charge in [0.05, 0.1) is 6.61 Å². The average molecular weight is 222 g/mol. The molecule has 0 aliphatic rings. The molecular formula is C11H11FN2O2. The molecule has 0 unspecified atom stereocenters. The van der Waals surface area contributed by atoms with Crippen molar-refractivity contribution in [1.82, 2.24) is 10.5 Å². The third kappa shape index (κ3) is 1.90. The number of hydrogen-bond acceptors (Lipinski definition) is 2. The quantitative estimate of drug-likeness (QED) is 0.780. The molecule has 0 aliphatic carbocycles. The van der Waals surface area contributed by atoms with Gasteiger partial charge < -0.3 is 4.98 Å². The van der Waals surface area contributed by atoms with Crippen molar-refractivity contribution in [3.63, 3.8) is 0 Å². The van der Waals surface area contributed by atoms with E-state index < -0.39 is 5.91 Å². The van der Waals surface area contributed by atoms with Crippen LogP contribution in [0.3, 0.4) is 0 Å². The van der Waals surface area contributed by atoms with Crippen molar-refractivity contribution in [1.29, 1.82) is 0 Å². The fourth-order valence-corrected chi connectivity index (χ4v) is 1.43. The molecule has 0 saturated heterocycles. The lowest BCUT2D eigenvalue weighted by atomic mass is 10.2. The number of fused-ring (bicyclic) bond motifs is 1. The van der Waals surface area contributed by atoms with Crippen molar-refractivity contribution < 1.29 is 14.0 Å². The van der Waals surface area contributed by atoms with Crippen LogP contribution >= 0.6 is 0 Å². The maximum absolute atomic E-state index is 13.3. The molecule has 0 aliphatic heterocycles. The number of aromatic amines is 1. The minimum Gasteiger partial charge on any atom is -0.350 e. The Balaban J connectivity index is 2.32. The Kier molecular flexibility index (Phi) is 2.87. The number of carbonyl (C=O) groups is 1. The number of hydrogen-bond donors (Lipinski definition) is 2. The maximum atomic E-state index is 13.3. The summed E-state index contributed by atoms with van der Waals surface area (Å²) in [6.07, 6.45) is 0. The van der Waals surface area contributed by atoms with E-state index in [1.807, 2.05) is 0 Å². The predicted molar refractivity (Wildman–Crippen MR) is 57.3 cm³/mol. The highest BCUT2D eigenvalue weighted by molar-refractivity contribution is 5.97. The molecule has 0 bridgehead atoms. The molecule has 0 fully saturated rings. The van der Waals surface area contributed by atoms with E-state index in [2.05, 4.69) is 10.5 Å². The topological polar surface area (TPSA) is 54.1 Å². The summed E-state index contributed by atoms with van der Waals surface area (Å²) in [7, 11) is 0. The molecule has 2 N–H and O–H groups in total. The Morgan fingerprint density at radius 1 is 1.56 bits per heavy atom. The molecule has 0 atom stereocenters. The van der Waals surface area contributed by atoms with Gasteiger partial charge in [-0.1, -0.05) is 6.07 Å². The first kappa shape index (κ1) is 10.6. The van der Waals surface area contributed by atoms with Gasteiger partial charge in [0.2, 0.25) is 0 Å². The van der Waals surface area contributed by atoms with Gasteiger partial charge in [-0.25, -0.2) is 9.87 Å². The minimum absolute atomic E-state index is 0.272. The van der Waals surface area contributed by atoms with Crippen LogP contribution < -0.4 is 5.48 Å². The van der Waals surface area contributed by atoms with E-state index in [1.165, 1.54) is 12.1 Å². The van der Waals surface area contributed by atoms with Gasteiger partial charge in [0.25, 0.3) is 5.91 Å². The first-order valence-electron chi connectivity index (χ1n) is 4.91. The van der Waals surface area contributed by atoms with Crippen molar-refractivity contribution in [3.05, 3.63) is 35.8 Å². The Labute approximate surface area is 91.4 Å². The molecule has 0 radical (unpaired) electrons. The fraction of sp³-hybridized carbons (Fsp3) is 0.182. The molecule has 16 heavy (non-hydrogen) atoms. The number of halogens is 1. The van der Waals surface area contributed by atoms with Crippen LogP contribution in [0, 0.1) is 5.82 Å². The van der Waals surface area contributed by atoms with E-state index >= 15 is 0 Å². The van der Waals surface area contributed by atoms with E-state index in [0.717, 1.165) is 0 Å². The van der Waals surface area contributed by atoms with Crippen molar-refractivity contribution >= 4 is 16.8 Å². The average Bonchev–Trinajstić information content (AvgIpc) is 2.71. The zero-order valence-electron chi connectivity index (χ0n) is 8.71. The highest BCUT2D eigenvalue weighted by Gasteiger charge is 2.11. The zero-order chi connectivity index (χ0) is 11.5. The van der Waals surface area contributed by atoms with Gasteiger partial charge >= 0.3 is 0 Å². The van der Waals surface area contributed by atoms with Crippen molar-refractivity contribution in [2.24, 2.45) is 0 Å². The van der Waals surface area contributed by atoms with Gasteiger partial charge in [-0.3, -0.25) is 9.63 Å². The molecule has 4 nitrogen and oxygen atoms in total. The normalized spacial score (nSPS) is 10.6. The van der Waals surface area contributed by atoms with E-state index in [1.54, 1.807) is 19.1 Å². The van der Waals surface area contributed by atoms with Crippen molar-refractivity contribution in [2.75, 3.05) is 6.61 Å². The van der Waals surface area contributed by atoms with Crippen molar-refractivity contribution in [3.8, 4) is 0 Å². The third-order valence-corrected chi connectivity index (χ3v) is 2.16. The lowest BCUT2D eigenvalue weighted by molar-refractivity contribution is 0.0360. The summed E-state index contributed by atoms with van der Waals surface area (Å²) in [5, 5.41) is 0.393. The number of nitrogens with one attached hydrogen (secondary N) is 2. The Morgan fingerprint density at radius 2 is 2.38 bits per heavy atom. The van der Waals surface area contributed by atoms with Gasteiger partial charge in [0.1, 0.15) is 11.5 Å². The van der Waals surface area contributed by atoms with Crippen molar-refractivity contribution in [2.45, 2.75) is 6.92 Å². The monoisotopic (exact) mass is 222 g/mol. The molecule has 1 amide bonds. The van der Waals surface area contributed by atoms with Gasteiger partial charge in [-0.15, -0.1) is 0 Å². The molecule has 1 aromatic carbocycles. The standard InChI is InChI=1S/C11H11FN2O2/c1-2-16-14-11(15)10-6-7-8(12)4-3-5-9(7)13-10/h3-6,13H,2H2,1H3,(H,14,15). The predicted octanol–water partition coefficient (Wildman–Crippen LogP) is 1.99. The molecular weight excluding hydrogens is 211 g/mol. The van der Waals surface area contributed by atoms with Crippen LogP contribution in [0.25, 0.3) is 10.9 Å². The lowest BCUT2D eigenvalue weighted by Crippen LogP contribution is -2.23. The third-order valence-electron chi connectivity index (χ3n) is 2.16. The summed E-state index contributed by atoms with van der Waals surface area (Å²) in [5.74, 6) is -0.776. The highest BCUT2D eigenvalue weighted by atomic mass is 19.1. The highest BCUT2D eigenvalue weighted by Crippen LogP contribution is 2.18. The zero-order valence-corrected chi connectivity index (χ0v) is 8.71. The SMILES string of the molecule is CCONC(=O)c1cc2c(F)cccc2[nH]1. The number of amides is 1. The minimum atomic E-state index is -0.419. The van der Waals surface area contributed by atoms with E-state index in [-0.39, 0.29) is 11.5 Å². The van der Waals surface area contributed by atoms with Crippen LogP contribution in [0.1, 0.15) is 17.4 Å². The first-order valence-corrected chi connectivity index (χ1v) is 4.91. The molecule has 0 saturated carbocycles. The van der Waals surface area contributed by atoms with Crippen LogP contribution in [0.4, 0.5) is 4.39 Å². The van der Waals surface area contributed by atoms with Gasteiger partial charge in [-0.05, 0) is 25.1 Å². The van der Waals surface area contributed by atoms with Gasteiger partial charge in [0.15, 0.2) is 0 Å². The summed E-state index contributed by atoms with van der Waals surface area (Å²) >= 11 is 0. The molecule has 1 heterocycles. The molecule has 84 valence electrons. The molecule has 2 rings (SSSR count). The summed E-state index contributed by atoms with van der Waals surface area (Å²) in [6.45, 7) is 2.13. The van der Waals surface area contributed by atoms with E-state index in [4.69, 9.17) is 4.84 Å². The smallest absolute Gasteiger partial charge is 0.291 e. The second kappa shape index (κ2) is 4.32. The number of H-pyrrole nitrogens is 1. The number of benzene rings is 1. The number of hydroxylamine groups is 1. The second-order valence-electron chi connectivity index (χ2n) is 3.25. The maximum Gasteiger partial charge on any atom is 0.291 e. The lowest BCUT2D eigenvalue weighted by Gasteiger charge is -2.00. The molecule has 0 spiro atoms. The van der Waals surface area contributed by atoms with Gasteiger partial charge in [-0.2, -0.15) is 0 Å². The summed E-state index contributed by atoms with van der Waals surface area (Å²) < 4.78 is 13.3. The van der Waals surface area contributed by atoms with Crippen LogP contribution in [-0.2, 0) is 4.84 Å².